The summed E-state index contributed by atoms with van der Waals surface area (Å²) < 4.78 is 0. The molecule has 1 aliphatic heterocycles. The molecule has 5 aliphatic rings. The monoisotopic (exact) mass is 539 g/mol. The Morgan fingerprint density at radius 2 is 1.65 bits per heavy atom. The Kier molecular flexibility index (Phi) is 5.47. The van der Waals surface area contributed by atoms with Crippen molar-refractivity contribution in [3.63, 3.8) is 0 Å². The molecular formula is C26H19Cl2N3O6. The van der Waals surface area contributed by atoms with Crippen LogP contribution in [0, 0.1) is 45.6 Å². The number of carbonyl (C=O) groups is 4. The van der Waals surface area contributed by atoms with Gasteiger partial charge in [0.25, 0.3) is 23.4 Å². The molecule has 3 amide bonds. The van der Waals surface area contributed by atoms with Gasteiger partial charge in [0.05, 0.1) is 27.3 Å². The van der Waals surface area contributed by atoms with Crippen LogP contribution < -0.4 is 0 Å². The third-order valence-electron chi connectivity index (χ3n) is 7.95. The summed E-state index contributed by atoms with van der Waals surface area (Å²) in [7, 11) is 0. The molecule has 0 spiro atoms. The second-order valence-corrected chi connectivity index (χ2v) is 10.7. The van der Waals surface area contributed by atoms with Crippen LogP contribution in [-0.4, -0.2) is 45.0 Å². The second kappa shape index (κ2) is 8.49. The number of halogens is 2. The van der Waals surface area contributed by atoms with Crippen molar-refractivity contribution in [3.05, 3.63) is 85.9 Å². The molecule has 2 saturated carbocycles. The van der Waals surface area contributed by atoms with E-state index >= 15 is 0 Å². The molecule has 11 heteroatoms. The third-order valence-corrected chi connectivity index (χ3v) is 8.50. The van der Waals surface area contributed by atoms with Crippen LogP contribution in [0.4, 0.5) is 5.69 Å². The Labute approximate surface area is 220 Å². The van der Waals surface area contributed by atoms with E-state index < -0.39 is 46.8 Å². The molecule has 0 radical (unpaired) electrons. The summed E-state index contributed by atoms with van der Waals surface area (Å²) in [5, 5.41) is 13.1. The van der Waals surface area contributed by atoms with Gasteiger partial charge in [-0.1, -0.05) is 47.5 Å². The Bertz CT molecular complexity index is 1410. The molecule has 188 valence electrons. The molecule has 0 N–H and O–H groups in total. The van der Waals surface area contributed by atoms with E-state index in [1.54, 1.807) is 0 Å². The highest BCUT2D eigenvalue weighted by Crippen LogP contribution is 2.65. The van der Waals surface area contributed by atoms with E-state index in [1.165, 1.54) is 36.4 Å². The summed E-state index contributed by atoms with van der Waals surface area (Å²) in [6.07, 6.45) is 4.99. The van der Waals surface area contributed by atoms with Crippen molar-refractivity contribution in [2.45, 2.75) is 6.42 Å². The molecule has 4 aliphatic carbocycles. The molecule has 2 bridgehead atoms. The van der Waals surface area contributed by atoms with E-state index in [0.717, 1.165) is 22.5 Å². The van der Waals surface area contributed by atoms with Crippen molar-refractivity contribution < 1.29 is 24.1 Å². The van der Waals surface area contributed by atoms with E-state index in [9.17, 15) is 29.3 Å². The Morgan fingerprint density at radius 1 is 1.00 bits per heavy atom. The average molecular weight is 540 g/mol. The van der Waals surface area contributed by atoms with Crippen LogP contribution in [0.3, 0.4) is 0 Å². The fourth-order valence-electron chi connectivity index (χ4n) is 6.23. The van der Waals surface area contributed by atoms with Gasteiger partial charge in [-0.2, -0.15) is 5.01 Å². The van der Waals surface area contributed by atoms with Crippen LogP contribution >= 0.6 is 23.2 Å². The molecular weight excluding hydrogens is 521 g/mol. The highest BCUT2D eigenvalue weighted by Gasteiger charge is 2.68. The van der Waals surface area contributed by atoms with Gasteiger partial charge in [-0.25, -0.2) is 5.01 Å². The number of hydrogen-bond donors (Lipinski definition) is 0. The first-order valence-corrected chi connectivity index (χ1v) is 12.5. The summed E-state index contributed by atoms with van der Waals surface area (Å²) in [4.78, 5) is 65.0. The Hall–Kier alpha value is -3.56. The number of ketones is 1. The van der Waals surface area contributed by atoms with E-state index in [1.807, 2.05) is 12.2 Å². The summed E-state index contributed by atoms with van der Waals surface area (Å²) in [6, 6.07) is 9.19. The molecule has 9 nitrogen and oxygen atoms in total. The molecule has 3 fully saturated rings. The molecule has 0 unspecified atom stereocenters. The highest BCUT2D eigenvalue weighted by molar-refractivity contribution is 6.36. The summed E-state index contributed by atoms with van der Waals surface area (Å²) in [5.41, 5.74) is -0.378. The van der Waals surface area contributed by atoms with Gasteiger partial charge in [-0.05, 0) is 48.3 Å². The number of allylic oxidation sites excluding steroid dienone is 2. The van der Waals surface area contributed by atoms with Gasteiger partial charge in [0.1, 0.15) is 6.54 Å². The van der Waals surface area contributed by atoms with E-state index in [2.05, 4.69) is 0 Å². The number of hydrogen-bond acceptors (Lipinski definition) is 6. The van der Waals surface area contributed by atoms with Crippen molar-refractivity contribution in [2.75, 3.05) is 6.54 Å². The lowest BCUT2D eigenvalue weighted by molar-refractivity contribution is -0.384. The fraction of sp³-hybridized carbons (Fsp3) is 0.308. The van der Waals surface area contributed by atoms with Crippen LogP contribution in [0.1, 0.15) is 27.1 Å². The summed E-state index contributed by atoms with van der Waals surface area (Å²) >= 11 is 12.2. The van der Waals surface area contributed by atoms with Crippen LogP contribution in [0.2, 0.25) is 10.0 Å². The van der Waals surface area contributed by atoms with E-state index in [4.69, 9.17) is 23.2 Å². The fourth-order valence-corrected chi connectivity index (χ4v) is 6.72. The number of nitro groups is 1. The minimum absolute atomic E-state index is 0.00945. The first-order valence-electron chi connectivity index (χ1n) is 11.8. The molecule has 2 aromatic carbocycles. The number of amides is 3. The number of benzene rings is 2. The second-order valence-electron chi connectivity index (χ2n) is 9.86. The Balaban J connectivity index is 1.38. The van der Waals surface area contributed by atoms with Gasteiger partial charge in [0.15, 0.2) is 5.78 Å². The first-order chi connectivity index (χ1) is 17.7. The molecule has 0 aromatic heterocycles. The number of non-ortho nitro benzene ring substituents is 1. The van der Waals surface area contributed by atoms with Crippen molar-refractivity contribution in [1.29, 1.82) is 0 Å². The topological polar surface area (TPSA) is 118 Å². The van der Waals surface area contributed by atoms with Gasteiger partial charge >= 0.3 is 0 Å². The summed E-state index contributed by atoms with van der Waals surface area (Å²) in [6.45, 7) is -0.689. The third kappa shape index (κ3) is 3.67. The lowest BCUT2D eigenvalue weighted by atomic mass is 9.63. The number of Topliss-reactive ketones (excluding diaryl/α,β-unsaturated/α-hetero) is 1. The van der Waals surface area contributed by atoms with Gasteiger partial charge in [-0.3, -0.25) is 29.3 Å². The highest BCUT2D eigenvalue weighted by atomic mass is 35.5. The van der Waals surface area contributed by atoms with Gasteiger partial charge in [0, 0.05) is 22.7 Å². The quantitative estimate of drug-likeness (QED) is 0.178. The maximum absolute atomic E-state index is 13.7. The zero-order valence-corrected chi connectivity index (χ0v) is 20.6. The average Bonchev–Trinajstić information content (AvgIpc) is 3.66. The standard InChI is InChI=1S/C26H19Cl2N3O6/c27-13-4-5-17(20(28)9-13)24(33)29(11-21(32)12-2-1-3-14(8-12)31(36)37)30-25(34)22-15-6-7-16(19-10-18(15)19)23(22)26(30)35/h1-9,15-16,18-19,22-23H,10-11H2/t15-,16+,18-,19-,22+,23+/m1/s1. The van der Waals surface area contributed by atoms with Crippen LogP contribution in [-0.2, 0) is 9.59 Å². The van der Waals surface area contributed by atoms with Crippen LogP contribution in [0.5, 0.6) is 0 Å². The van der Waals surface area contributed by atoms with Crippen LogP contribution in [0.15, 0.2) is 54.6 Å². The van der Waals surface area contributed by atoms with E-state index in [0.29, 0.717) is 11.8 Å². The zero-order valence-electron chi connectivity index (χ0n) is 19.1. The molecule has 2 aromatic rings. The number of hydrazine groups is 1. The van der Waals surface area contributed by atoms with Crippen molar-refractivity contribution in [1.82, 2.24) is 10.0 Å². The number of nitrogens with zero attached hydrogens (tertiary/aromatic N) is 3. The van der Waals surface area contributed by atoms with E-state index in [-0.39, 0.29) is 38.7 Å². The van der Waals surface area contributed by atoms with Gasteiger partial charge in [-0.15, -0.1) is 0 Å². The van der Waals surface area contributed by atoms with Crippen LogP contribution in [0.25, 0.3) is 0 Å². The number of nitro benzene ring substituents is 1. The molecule has 37 heavy (non-hydrogen) atoms. The Morgan fingerprint density at radius 3 is 2.24 bits per heavy atom. The zero-order chi connectivity index (χ0) is 26.2. The molecule has 6 atom stereocenters. The maximum atomic E-state index is 13.7. The molecule has 1 saturated heterocycles. The maximum Gasteiger partial charge on any atom is 0.274 e. The van der Waals surface area contributed by atoms with Gasteiger partial charge < -0.3 is 0 Å². The number of rotatable bonds is 6. The molecule has 7 rings (SSSR count). The number of imide groups is 1. The molecule has 1 heterocycles. The van der Waals surface area contributed by atoms with Crippen molar-refractivity contribution in [2.24, 2.45) is 35.5 Å². The minimum Gasteiger partial charge on any atom is -0.292 e. The van der Waals surface area contributed by atoms with Gasteiger partial charge in [0.2, 0.25) is 0 Å². The lowest BCUT2D eigenvalue weighted by Crippen LogP contribution is -2.52. The van der Waals surface area contributed by atoms with Crippen molar-refractivity contribution in [3.8, 4) is 0 Å². The largest absolute Gasteiger partial charge is 0.292 e. The minimum atomic E-state index is -0.828. The normalized spacial score (nSPS) is 28.6. The SMILES string of the molecule is O=C(CN(C(=O)c1ccc(Cl)cc1Cl)N1C(=O)[C@H]2[C@@H]3C=C[C@@H]([C@H]4C[C@H]34)[C@@H]2C1=O)c1cccc([N+](=O)[O-])c1. The number of carbonyl (C=O) groups excluding carboxylic acids is 4. The smallest absolute Gasteiger partial charge is 0.274 e. The predicted molar refractivity (Wildman–Crippen MR) is 131 cm³/mol. The summed E-state index contributed by atoms with van der Waals surface area (Å²) in [5.74, 6) is -3.17. The van der Waals surface area contributed by atoms with Crippen molar-refractivity contribution >= 4 is 52.4 Å². The lowest BCUT2D eigenvalue weighted by Gasteiger charge is -2.37. The predicted octanol–water partition coefficient (Wildman–Crippen LogP) is 4.19. The first kappa shape index (κ1) is 23.8.